The Hall–Kier alpha value is -2.49. The van der Waals surface area contributed by atoms with Crippen molar-refractivity contribution in [2.75, 3.05) is 21.3 Å². The molecule has 0 heterocycles. The third kappa shape index (κ3) is 3.39. The summed E-state index contributed by atoms with van der Waals surface area (Å²) in [6.45, 7) is 0. The fraction of sp³-hybridized carbons (Fsp3) is 0.278. The Labute approximate surface area is 130 Å². The first kappa shape index (κ1) is 15.9. The van der Waals surface area contributed by atoms with E-state index in [1.54, 1.807) is 21.3 Å². The predicted octanol–water partition coefficient (Wildman–Crippen LogP) is 3.43. The zero-order valence-corrected chi connectivity index (χ0v) is 13.0. The van der Waals surface area contributed by atoms with E-state index in [0.717, 1.165) is 23.2 Å². The average molecular weight is 300 g/mol. The summed E-state index contributed by atoms with van der Waals surface area (Å²) in [4.78, 5) is 11.1. The molecule has 4 heteroatoms. The zero-order chi connectivity index (χ0) is 15.9. The lowest BCUT2D eigenvalue weighted by Gasteiger charge is -2.18. The van der Waals surface area contributed by atoms with Gasteiger partial charge in [0, 0.05) is 12.3 Å². The van der Waals surface area contributed by atoms with Crippen molar-refractivity contribution >= 4 is 6.29 Å². The molecule has 0 spiro atoms. The summed E-state index contributed by atoms with van der Waals surface area (Å²) in [5.41, 5.74) is 2.06. The van der Waals surface area contributed by atoms with Crippen LogP contribution < -0.4 is 14.2 Å². The second-order valence-corrected chi connectivity index (χ2v) is 4.84. The van der Waals surface area contributed by atoms with Gasteiger partial charge < -0.3 is 19.0 Å². The van der Waals surface area contributed by atoms with Crippen LogP contribution in [0, 0.1) is 0 Å². The molecule has 2 aromatic rings. The number of aldehydes is 1. The molecule has 0 saturated heterocycles. The van der Waals surface area contributed by atoms with Crippen LogP contribution in [0.4, 0.5) is 0 Å². The van der Waals surface area contributed by atoms with Crippen LogP contribution in [0.1, 0.15) is 23.5 Å². The Balaban J connectivity index is 2.40. The summed E-state index contributed by atoms with van der Waals surface area (Å²) in [5.74, 6) is 2.10. The number of methoxy groups -OCH3 is 3. The minimum atomic E-state index is -0.0248. The van der Waals surface area contributed by atoms with E-state index >= 15 is 0 Å². The van der Waals surface area contributed by atoms with Crippen molar-refractivity contribution in [2.45, 2.75) is 12.3 Å². The normalized spacial score (nSPS) is 11.6. The third-order valence-electron chi connectivity index (χ3n) is 3.66. The van der Waals surface area contributed by atoms with Crippen LogP contribution in [0.25, 0.3) is 0 Å². The molecule has 0 bridgehead atoms. The highest BCUT2D eigenvalue weighted by molar-refractivity contribution is 5.56. The summed E-state index contributed by atoms with van der Waals surface area (Å²) in [6.07, 6.45) is 1.34. The molecular weight excluding hydrogens is 280 g/mol. The van der Waals surface area contributed by atoms with Gasteiger partial charge in [0.15, 0.2) is 11.5 Å². The molecule has 1 atom stereocenters. The monoisotopic (exact) mass is 300 g/mol. The van der Waals surface area contributed by atoms with Gasteiger partial charge in [-0.05, 0) is 35.4 Å². The molecule has 4 nitrogen and oxygen atoms in total. The largest absolute Gasteiger partial charge is 0.497 e. The zero-order valence-electron chi connectivity index (χ0n) is 13.0. The quantitative estimate of drug-likeness (QED) is 0.735. The van der Waals surface area contributed by atoms with Gasteiger partial charge in [-0.15, -0.1) is 0 Å². The highest BCUT2D eigenvalue weighted by Gasteiger charge is 2.16. The first-order chi connectivity index (χ1) is 10.7. The predicted molar refractivity (Wildman–Crippen MR) is 85.1 cm³/mol. The minimum Gasteiger partial charge on any atom is -0.497 e. The van der Waals surface area contributed by atoms with Crippen LogP contribution >= 0.6 is 0 Å². The first-order valence-corrected chi connectivity index (χ1v) is 7.03. The molecule has 2 rings (SSSR count). The van der Waals surface area contributed by atoms with Gasteiger partial charge >= 0.3 is 0 Å². The number of ether oxygens (including phenoxy) is 3. The number of rotatable bonds is 7. The molecule has 0 aliphatic carbocycles. The Morgan fingerprint density at radius 2 is 1.50 bits per heavy atom. The van der Waals surface area contributed by atoms with Crippen molar-refractivity contribution in [3.63, 3.8) is 0 Å². The van der Waals surface area contributed by atoms with E-state index in [0.29, 0.717) is 17.9 Å². The fourth-order valence-electron chi connectivity index (χ4n) is 2.47. The Bertz CT molecular complexity index is 619. The van der Waals surface area contributed by atoms with E-state index in [9.17, 15) is 4.79 Å². The molecule has 0 aliphatic rings. The lowest BCUT2D eigenvalue weighted by atomic mass is 9.89. The molecule has 0 amide bonds. The maximum atomic E-state index is 11.1. The Morgan fingerprint density at radius 1 is 0.864 bits per heavy atom. The summed E-state index contributed by atoms with van der Waals surface area (Å²) in [6, 6.07) is 13.5. The number of hydrogen-bond acceptors (Lipinski definition) is 4. The lowest BCUT2D eigenvalue weighted by molar-refractivity contribution is -0.108. The summed E-state index contributed by atoms with van der Waals surface area (Å²) < 4.78 is 15.8. The van der Waals surface area contributed by atoms with E-state index in [-0.39, 0.29) is 5.92 Å². The summed E-state index contributed by atoms with van der Waals surface area (Å²) >= 11 is 0. The van der Waals surface area contributed by atoms with Crippen LogP contribution in [-0.4, -0.2) is 27.6 Å². The van der Waals surface area contributed by atoms with Gasteiger partial charge in [-0.1, -0.05) is 18.2 Å². The van der Waals surface area contributed by atoms with Crippen LogP contribution in [0.5, 0.6) is 17.2 Å². The molecule has 0 fully saturated rings. The second-order valence-electron chi connectivity index (χ2n) is 4.84. The van der Waals surface area contributed by atoms with Gasteiger partial charge in [-0.2, -0.15) is 0 Å². The topological polar surface area (TPSA) is 44.8 Å². The molecule has 1 unspecified atom stereocenters. The van der Waals surface area contributed by atoms with Gasteiger partial charge in [0.05, 0.1) is 21.3 Å². The molecule has 0 saturated carbocycles. The minimum absolute atomic E-state index is 0.0248. The molecule has 0 aliphatic heterocycles. The van der Waals surface area contributed by atoms with E-state index in [2.05, 4.69) is 0 Å². The maximum absolute atomic E-state index is 11.1. The number of carbonyl (C=O) groups excluding carboxylic acids is 1. The van der Waals surface area contributed by atoms with Crippen molar-refractivity contribution in [3.05, 3.63) is 53.6 Å². The maximum Gasteiger partial charge on any atom is 0.161 e. The van der Waals surface area contributed by atoms with E-state index in [1.807, 2.05) is 42.5 Å². The number of hydrogen-bond donors (Lipinski definition) is 0. The first-order valence-electron chi connectivity index (χ1n) is 7.03. The van der Waals surface area contributed by atoms with Gasteiger partial charge in [0.1, 0.15) is 12.0 Å². The summed E-state index contributed by atoms with van der Waals surface area (Å²) in [5, 5.41) is 0. The van der Waals surface area contributed by atoms with Crippen molar-refractivity contribution < 1.29 is 19.0 Å². The van der Waals surface area contributed by atoms with Crippen molar-refractivity contribution in [1.29, 1.82) is 0 Å². The van der Waals surface area contributed by atoms with Crippen LogP contribution in [-0.2, 0) is 4.79 Å². The van der Waals surface area contributed by atoms with E-state index < -0.39 is 0 Å². The molecule has 0 N–H and O–H groups in total. The van der Waals surface area contributed by atoms with E-state index in [1.165, 1.54) is 0 Å². The van der Waals surface area contributed by atoms with Gasteiger partial charge in [-0.3, -0.25) is 0 Å². The number of carbonyl (C=O) groups is 1. The second kappa shape index (κ2) is 7.50. The summed E-state index contributed by atoms with van der Waals surface area (Å²) in [7, 11) is 4.83. The van der Waals surface area contributed by atoms with Crippen LogP contribution in [0.15, 0.2) is 42.5 Å². The van der Waals surface area contributed by atoms with Gasteiger partial charge in [-0.25, -0.2) is 0 Å². The Kier molecular flexibility index (Phi) is 5.42. The SMILES string of the molecule is COc1ccc(C(CC=O)c2ccc(OC)c(OC)c2)cc1. The van der Waals surface area contributed by atoms with Crippen molar-refractivity contribution in [2.24, 2.45) is 0 Å². The van der Waals surface area contributed by atoms with E-state index in [4.69, 9.17) is 14.2 Å². The standard InChI is InChI=1S/C18H20O4/c1-20-15-7-4-13(5-8-15)16(10-11-19)14-6-9-17(21-2)18(12-14)22-3/h4-9,11-12,16H,10H2,1-3H3. The molecular formula is C18H20O4. The fourth-order valence-corrected chi connectivity index (χ4v) is 2.47. The molecule has 116 valence electrons. The highest BCUT2D eigenvalue weighted by Crippen LogP contribution is 2.35. The highest BCUT2D eigenvalue weighted by atomic mass is 16.5. The molecule has 2 aromatic carbocycles. The lowest BCUT2D eigenvalue weighted by Crippen LogP contribution is -2.03. The average Bonchev–Trinajstić information content (AvgIpc) is 2.59. The van der Waals surface area contributed by atoms with Gasteiger partial charge in [0.25, 0.3) is 0 Å². The van der Waals surface area contributed by atoms with Gasteiger partial charge in [0.2, 0.25) is 0 Å². The van der Waals surface area contributed by atoms with Crippen molar-refractivity contribution in [3.8, 4) is 17.2 Å². The third-order valence-corrected chi connectivity index (χ3v) is 3.66. The molecule has 0 aromatic heterocycles. The Morgan fingerprint density at radius 3 is 2.05 bits per heavy atom. The van der Waals surface area contributed by atoms with Crippen molar-refractivity contribution in [1.82, 2.24) is 0 Å². The molecule has 22 heavy (non-hydrogen) atoms. The molecule has 0 radical (unpaired) electrons. The number of benzene rings is 2. The van der Waals surface area contributed by atoms with Crippen LogP contribution in [0.3, 0.4) is 0 Å². The van der Waals surface area contributed by atoms with Crippen LogP contribution in [0.2, 0.25) is 0 Å². The smallest absolute Gasteiger partial charge is 0.161 e.